The van der Waals surface area contributed by atoms with Crippen LogP contribution in [0.1, 0.15) is 17.3 Å². The van der Waals surface area contributed by atoms with Gasteiger partial charge in [0.1, 0.15) is 6.61 Å². The van der Waals surface area contributed by atoms with Crippen LogP contribution in [-0.2, 0) is 19.1 Å². The fraction of sp³-hybridized carbons (Fsp3) is 0.333. The monoisotopic (exact) mass is 414 g/mol. The minimum atomic E-state index is -0.529. The number of esters is 2. The summed E-state index contributed by atoms with van der Waals surface area (Å²) in [4.78, 5) is 40.6. The van der Waals surface area contributed by atoms with E-state index in [0.29, 0.717) is 15.1 Å². The van der Waals surface area contributed by atoms with Gasteiger partial charge in [0.15, 0.2) is 0 Å². The normalized spacial score (nSPS) is 15.7. The number of ether oxygens (including phenoxy) is 2. The van der Waals surface area contributed by atoms with E-state index in [9.17, 15) is 14.4 Å². The molecule has 0 aromatic carbocycles. The van der Waals surface area contributed by atoms with Crippen molar-refractivity contribution in [2.45, 2.75) is 6.92 Å². The lowest BCUT2D eigenvalue weighted by Crippen LogP contribution is -2.29. The highest BCUT2D eigenvalue weighted by Gasteiger charge is 2.27. The summed E-state index contributed by atoms with van der Waals surface area (Å²) < 4.78 is 10.7. The summed E-state index contributed by atoms with van der Waals surface area (Å²) in [6, 6.07) is 1.60. The van der Waals surface area contributed by atoms with Crippen molar-refractivity contribution in [3.63, 3.8) is 0 Å². The van der Waals surface area contributed by atoms with Gasteiger partial charge in [-0.3, -0.25) is 9.78 Å². The van der Waals surface area contributed by atoms with Gasteiger partial charge in [0.25, 0.3) is 0 Å². The molecule has 0 saturated carbocycles. The van der Waals surface area contributed by atoms with Crippen LogP contribution in [0.4, 0.5) is 0 Å². The maximum Gasteiger partial charge on any atom is 0.339 e. The lowest BCUT2D eigenvalue weighted by molar-refractivity contribution is -0.137. The van der Waals surface area contributed by atoms with Crippen LogP contribution in [0, 0.1) is 0 Å². The van der Waals surface area contributed by atoms with E-state index in [4.69, 9.17) is 9.47 Å². The van der Waals surface area contributed by atoms with Crippen LogP contribution in [0.2, 0.25) is 0 Å². The third kappa shape index (κ3) is 5.07. The van der Waals surface area contributed by atoms with Gasteiger partial charge in [-0.25, -0.2) is 9.59 Å². The topological polar surface area (TPSA) is 85.8 Å². The Labute approximate surface area is 151 Å². The first-order chi connectivity index (χ1) is 11.5. The molecule has 128 valence electrons. The molecule has 1 aliphatic heterocycles. The van der Waals surface area contributed by atoms with Crippen LogP contribution in [-0.4, -0.2) is 53.2 Å². The Balaban J connectivity index is 1.91. The van der Waals surface area contributed by atoms with Gasteiger partial charge in [0.2, 0.25) is 5.91 Å². The second-order valence-corrected chi connectivity index (χ2v) is 6.51. The highest BCUT2D eigenvalue weighted by atomic mass is 79.9. The lowest BCUT2D eigenvalue weighted by Gasteiger charge is -2.16. The van der Waals surface area contributed by atoms with Gasteiger partial charge in [0, 0.05) is 16.9 Å². The Hall–Kier alpha value is -1.87. The average Bonchev–Trinajstić information content (AvgIpc) is 2.88. The summed E-state index contributed by atoms with van der Waals surface area (Å²) in [6.07, 6.45) is 4.23. The first-order valence-corrected chi connectivity index (χ1v) is 8.88. The van der Waals surface area contributed by atoms with E-state index in [0.717, 1.165) is 0 Å². The van der Waals surface area contributed by atoms with Crippen molar-refractivity contribution in [3.05, 3.63) is 39.6 Å². The molecule has 1 saturated heterocycles. The molecule has 2 rings (SSSR count). The van der Waals surface area contributed by atoms with E-state index in [-0.39, 0.29) is 31.4 Å². The van der Waals surface area contributed by atoms with Crippen LogP contribution >= 0.6 is 27.7 Å². The highest BCUT2D eigenvalue weighted by molar-refractivity contribution is 9.10. The van der Waals surface area contributed by atoms with E-state index >= 15 is 0 Å². The predicted octanol–water partition coefficient (Wildman–Crippen LogP) is 1.98. The zero-order valence-corrected chi connectivity index (χ0v) is 15.3. The van der Waals surface area contributed by atoms with Crippen LogP contribution in [0.3, 0.4) is 0 Å². The molecule has 0 aliphatic carbocycles. The standard InChI is InChI=1S/C15H15BrN2O5S/c1-2-22-14(20)6-13-18(12(19)9-24-13)3-4-23-15(21)10-5-11(16)8-17-7-10/h5-8H,2-4,9H2,1H3. The van der Waals surface area contributed by atoms with E-state index in [1.165, 1.54) is 28.9 Å². The minimum absolute atomic E-state index is 0.0117. The fourth-order valence-corrected chi connectivity index (χ4v) is 3.21. The van der Waals surface area contributed by atoms with Gasteiger partial charge in [-0.2, -0.15) is 0 Å². The second-order valence-electron chi connectivity index (χ2n) is 4.60. The summed E-state index contributed by atoms with van der Waals surface area (Å²) in [7, 11) is 0. The molecule has 0 bridgehead atoms. The number of carbonyl (C=O) groups excluding carboxylic acids is 3. The summed E-state index contributed by atoms with van der Waals surface area (Å²) in [5, 5.41) is 0.499. The van der Waals surface area contributed by atoms with Gasteiger partial charge in [-0.1, -0.05) is 11.8 Å². The first-order valence-electron chi connectivity index (χ1n) is 7.10. The Kier molecular flexibility index (Phi) is 6.80. The van der Waals surface area contributed by atoms with Crippen molar-refractivity contribution in [2.24, 2.45) is 0 Å². The molecule has 1 aromatic heterocycles. The molecule has 1 fully saturated rings. The molecule has 1 aliphatic rings. The molecule has 0 radical (unpaired) electrons. The van der Waals surface area contributed by atoms with Gasteiger partial charge < -0.3 is 14.4 Å². The number of thioether (sulfide) groups is 1. The number of aromatic nitrogens is 1. The van der Waals surface area contributed by atoms with Gasteiger partial charge in [0.05, 0.1) is 35.6 Å². The zero-order chi connectivity index (χ0) is 17.5. The lowest BCUT2D eigenvalue weighted by atomic mass is 10.3. The molecule has 1 aromatic rings. The molecule has 0 spiro atoms. The first kappa shape index (κ1) is 18.5. The van der Waals surface area contributed by atoms with Crippen molar-refractivity contribution < 1.29 is 23.9 Å². The second kappa shape index (κ2) is 8.84. The Bertz CT molecular complexity index is 680. The fourth-order valence-electron chi connectivity index (χ4n) is 1.89. The predicted molar refractivity (Wildman–Crippen MR) is 91.1 cm³/mol. The number of halogens is 1. The van der Waals surface area contributed by atoms with Crippen molar-refractivity contribution in [2.75, 3.05) is 25.5 Å². The van der Waals surface area contributed by atoms with E-state index in [1.54, 1.807) is 19.2 Å². The summed E-state index contributed by atoms with van der Waals surface area (Å²) in [6.45, 7) is 2.15. The third-order valence-electron chi connectivity index (χ3n) is 2.93. The highest BCUT2D eigenvalue weighted by Crippen LogP contribution is 2.28. The van der Waals surface area contributed by atoms with Gasteiger partial charge in [-0.05, 0) is 28.9 Å². The van der Waals surface area contributed by atoms with E-state index in [1.807, 2.05) is 0 Å². The van der Waals surface area contributed by atoms with Crippen LogP contribution in [0.5, 0.6) is 0 Å². The Morgan fingerprint density at radius 3 is 2.92 bits per heavy atom. The molecule has 1 amide bonds. The van der Waals surface area contributed by atoms with Gasteiger partial charge in [-0.15, -0.1) is 0 Å². The number of hydrogen-bond donors (Lipinski definition) is 0. The van der Waals surface area contributed by atoms with Crippen LogP contribution in [0.25, 0.3) is 0 Å². The van der Waals surface area contributed by atoms with Crippen molar-refractivity contribution in [1.82, 2.24) is 9.88 Å². The number of amides is 1. The maximum absolute atomic E-state index is 11.9. The summed E-state index contributed by atoms with van der Waals surface area (Å²) >= 11 is 4.48. The SMILES string of the molecule is CCOC(=O)C=C1SCC(=O)N1CCOC(=O)c1cncc(Br)c1. The molecule has 0 atom stereocenters. The number of rotatable bonds is 6. The Morgan fingerprint density at radius 1 is 1.42 bits per heavy atom. The van der Waals surface area contributed by atoms with Crippen molar-refractivity contribution >= 4 is 45.5 Å². The quantitative estimate of drug-likeness (QED) is 0.519. The van der Waals surface area contributed by atoms with Crippen LogP contribution < -0.4 is 0 Å². The summed E-state index contributed by atoms with van der Waals surface area (Å²) in [5.74, 6) is -0.930. The molecule has 0 N–H and O–H groups in total. The third-order valence-corrected chi connectivity index (χ3v) is 4.39. The van der Waals surface area contributed by atoms with Crippen molar-refractivity contribution in [3.8, 4) is 0 Å². The van der Waals surface area contributed by atoms with E-state index in [2.05, 4.69) is 20.9 Å². The van der Waals surface area contributed by atoms with Crippen molar-refractivity contribution in [1.29, 1.82) is 0 Å². The molecule has 9 heteroatoms. The molecular formula is C15H15BrN2O5S. The summed E-state index contributed by atoms with van der Waals surface area (Å²) in [5.41, 5.74) is 0.314. The number of carbonyl (C=O) groups is 3. The molecule has 0 unspecified atom stereocenters. The van der Waals surface area contributed by atoms with E-state index < -0.39 is 11.9 Å². The number of pyridine rings is 1. The molecular weight excluding hydrogens is 400 g/mol. The minimum Gasteiger partial charge on any atom is -0.463 e. The smallest absolute Gasteiger partial charge is 0.339 e. The molecule has 7 nitrogen and oxygen atoms in total. The molecule has 2 heterocycles. The maximum atomic E-state index is 11.9. The number of nitrogens with zero attached hydrogens (tertiary/aromatic N) is 2. The zero-order valence-electron chi connectivity index (χ0n) is 12.9. The largest absolute Gasteiger partial charge is 0.463 e. The van der Waals surface area contributed by atoms with Gasteiger partial charge >= 0.3 is 11.9 Å². The Morgan fingerprint density at radius 2 is 2.21 bits per heavy atom. The number of hydrogen-bond acceptors (Lipinski definition) is 7. The van der Waals surface area contributed by atoms with Crippen LogP contribution in [0.15, 0.2) is 34.0 Å². The average molecular weight is 415 g/mol. The molecule has 24 heavy (non-hydrogen) atoms.